The first kappa shape index (κ1) is 16.5. The maximum atomic E-state index is 12.1. The lowest BCUT2D eigenvalue weighted by Crippen LogP contribution is -2.32. The van der Waals surface area contributed by atoms with Crippen LogP contribution in [0.1, 0.15) is 13.3 Å². The van der Waals surface area contributed by atoms with Crippen LogP contribution >= 0.6 is 23.8 Å². The van der Waals surface area contributed by atoms with Gasteiger partial charge >= 0.3 is 0 Å². The van der Waals surface area contributed by atoms with Crippen molar-refractivity contribution in [2.75, 3.05) is 19.5 Å². The van der Waals surface area contributed by atoms with Crippen molar-refractivity contribution in [3.8, 4) is 11.5 Å². The van der Waals surface area contributed by atoms with Crippen molar-refractivity contribution in [3.63, 3.8) is 0 Å². The minimum absolute atomic E-state index is 0.157. The molecule has 0 aliphatic rings. The van der Waals surface area contributed by atoms with Crippen molar-refractivity contribution in [2.45, 2.75) is 13.3 Å². The number of benzene rings is 1. The van der Waals surface area contributed by atoms with Gasteiger partial charge in [0.15, 0.2) is 0 Å². The zero-order valence-electron chi connectivity index (χ0n) is 11.5. The first-order chi connectivity index (χ1) is 9.44. The molecule has 0 aliphatic carbocycles. The number of hydrogen-bond donors (Lipinski definition) is 2. The zero-order valence-corrected chi connectivity index (χ0v) is 13.1. The Kier molecular flexibility index (Phi) is 6.04. The monoisotopic (exact) mass is 316 g/mol. The van der Waals surface area contributed by atoms with Crippen LogP contribution < -0.4 is 20.5 Å². The van der Waals surface area contributed by atoms with Gasteiger partial charge in [0.2, 0.25) is 5.91 Å². The summed E-state index contributed by atoms with van der Waals surface area (Å²) in [6, 6.07) is 3.16. The summed E-state index contributed by atoms with van der Waals surface area (Å²) in [7, 11) is 2.97. The fraction of sp³-hybridized carbons (Fsp3) is 0.385. The highest BCUT2D eigenvalue weighted by Crippen LogP contribution is 2.36. The molecular formula is C13H17ClN2O3S. The molecule has 1 rings (SSSR count). The number of halogens is 1. The molecule has 0 aromatic heterocycles. The Morgan fingerprint density at radius 1 is 1.40 bits per heavy atom. The molecule has 0 heterocycles. The standard InChI is InChI=1S/C13H17ClN2O3S/c1-4-7(12(15)20)13(17)16-9-6-10(18-2)8(14)5-11(9)19-3/h5-7H,4H2,1-3H3,(H2,15,20)(H,16,17). The average molecular weight is 317 g/mol. The molecule has 1 unspecified atom stereocenters. The van der Waals surface area contributed by atoms with Gasteiger partial charge < -0.3 is 20.5 Å². The fourth-order valence-electron chi connectivity index (χ4n) is 1.69. The van der Waals surface area contributed by atoms with E-state index in [-0.39, 0.29) is 10.9 Å². The third-order valence-electron chi connectivity index (χ3n) is 2.80. The van der Waals surface area contributed by atoms with E-state index in [4.69, 9.17) is 39.0 Å². The molecular weight excluding hydrogens is 300 g/mol. The average Bonchev–Trinajstić information content (AvgIpc) is 2.40. The third kappa shape index (κ3) is 3.74. The van der Waals surface area contributed by atoms with Crippen LogP contribution in [-0.2, 0) is 4.79 Å². The van der Waals surface area contributed by atoms with Crippen LogP contribution in [0.3, 0.4) is 0 Å². The molecule has 0 saturated carbocycles. The summed E-state index contributed by atoms with van der Waals surface area (Å²) >= 11 is 10.9. The van der Waals surface area contributed by atoms with E-state index in [2.05, 4.69) is 5.32 Å². The molecule has 0 fully saturated rings. The Balaban J connectivity index is 3.07. The molecule has 1 amide bonds. The third-order valence-corrected chi connectivity index (χ3v) is 3.38. The molecule has 1 aromatic rings. The van der Waals surface area contributed by atoms with Gasteiger partial charge in [-0.1, -0.05) is 30.7 Å². The van der Waals surface area contributed by atoms with Crippen molar-refractivity contribution in [1.29, 1.82) is 0 Å². The second-order valence-corrected chi connectivity index (χ2v) is 4.92. The predicted octanol–water partition coefficient (Wildman–Crippen LogP) is 2.61. The lowest BCUT2D eigenvalue weighted by atomic mass is 10.1. The van der Waals surface area contributed by atoms with Gasteiger partial charge in [-0.2, -0.15) is 0 Å². The highest BCUT2D eigenvalue weighted by Gasteiger charge is 2.21. The van der Waals surface area contributed by atoms with E-state index in [1.54, 1.807) is 12.1 Å². The smallest absolute Gasteiger partial charge is 0.234 e. The first-order valence-corrected chi connectivity index (χ1v) is 6.74. The molecule has 3 N–H and O–H groups in total. The molecule has 0 spiro atoms. The van der Waals surface area contributed by atoms with Gasteiger partial charge in [-0.3, -0.25) is 4.79 Å². The first-order valence-electron chi connectivity index (χ1n) is 5.96. The summed E-state index contributed by atoms with van der Waals surface area (Å²) in [4.78, 5) is 12.3. The summed E-state index contributed by atoms with van der Waals surface area (Å²) in [5.74, 6) is 0.0483. The maximum absolute atomic E-state index is 12.1. The second kappa shape index (κ2) is 7.31. The molecule has 1 aromatic carbocycles. The normalized spacial score (nSPS) is 11.6. The van der Waals surface area contributed by atoms with Crippen molar-refractivity contribution in [2.24, 2.45) is 11.7 Å². The summed E-state index contributed by atoms with van der Waals surface area (Å²) in [5, 5.41) is 3.12. The highest BCUT2D eigenvalue weighted by atomic mass is 35.5. The molecule has 0 radical (unpaired) electrons. The van der Waals surface area contributed by atoms with Gasteiger partial charge in [0, 0.05) is 12.1 Å². The zero-order chi connectivity index (χ0) is 15.3. The minimum atomic E-state index is -0.531. The SMILES string of the molecule is CCC(C(=O)Nc1cc(OC)c(Cl)cc1OC)C(N)=S. The number of hydrogen-bond acceptors (Lipinski definition) is 4. The second-order valence-electron chi connectivity index (χ2n) is 4.04. The van der Waals surface area contributed by atoms with Crippen LogP contribution in [0.25, 0.3) is 0 Å². The summed E-state index contributed by atoms with van der Waals surface area (Å²) in [6.45, 7) is 1.84. The Morgan fingerprint density at radius 3 is 2.45 bits per heavy atom. The van der Waals surface area contributed by atoms with E-state index in [0.717, 1.165) is 0 Å². The highest BCUT2D eigenvalue weighted by molar-refractivity contribution is 7.80. The van der Waals surface area contributed by atoms with Gasteiger partial charge in [0.25, 0.3) is 0 Å². The number of amides is 1. The van der Waals surface area contributed by atoms with E-state index >= 15 is 0 Å². The largest absolute Gasteiger partial charge is 0.495 e. The van der Waals surface area contributed by atoms with E-state index in [1.807, 2.05) is 6.92 Å². The number of rotatable bonds is 6. The van der Waals surface area contributed by atoms with Crippen molar-refractivity contribution >= 4 is 40.4 Å². The number of thiocarbonyl (C=S) groups is 1. The van der Waals surface area contributed by atoms with E-state index < -0.39 is 5.92 Å². The molecule has 1 atom stereocenters. The minimum Gasteiger partial charge on any atom is -0.495 e. The van der Waals surface area contributed by atoms with Crippen molar-refractivity contribution < 1.29 is 14.3 Å². The van der Waals surface area contributed by atoms with Crippen molar-refractivity contribution in [3.05, 3.63) is 17.2 Å². The number of ether oxygens (including phenoxy) is 2. The summed E-state index contributed by atoms with van der Waals surface area (Å²) in [6.07, 6.45) is 0.522. The quantitative estimate of drug-likeness (QED) is 0.789. The van der Waals surface area contributed by atoms with E-state index in [9.17, 15) is 4.79 Å². The number of carbonyl (C=O) groups excluding carboxylic acids is 1. The number of anilines is 1. The maximum Gasteiger partial charge on any atom is 0.234 e. The number of methoxy groups -OCH3 is 2. The van der Waals surface area contributed by atoms with Crippen LogP contribution in [0.2, 0.25) is 5.02 Å². The topological polar surface area (TPSA) is 73.6 Å². The van der Waals surface area contributed by atoms with E-state index in [0.29, 0.717) is 28.6 Å². The Hall–Kier alpha value is -1.53. The Bertz CT molecular complexity index is 523. The molecule has 0 saturated heterocycles. The van der Waals surface area contributed by atoms with Crippen LogP contribution in [0.4, 0.5) is 5.69 Å². The van der Waals surface area contributed by atoms with Gasteiger partial charge in [0.05, 0.1) is 35.8 Å². The molecule has 20 heavy (non-hydrogen) atoms. The lowest BCUT2D eigenvalue weighted by Gasteiger charge is -2.16. The number of nitrogens with two attached hydrogens (primary N) is 1. The lowest BCUT2D eigenvalue weighted by molar-refractivity contribution is -0.118. The fourth-order valence-corrected chi connectivity index (χ4v) is 2.20. The number of nitrogens with one attached hydrogen (secondary N) is 1. The van der Waals surface area contributed by atoms with Gasteiger partial charge in [-0.05, 0) is 6.42 Å². The predicted molar refractivity (Wildman–Crippen MR) is 83.8 cm³/mol. The summed E-state index contributed by atoms with van der Waals surface area (Å²) in [5.41, 5.74) is 6.00. The molecule has 7 heteroatoms. The molecule has 0 bridgehead atoms. The van der Waals surface area contributed by atoms with E-state index in [1.165, 1.54) is 14.2 Å². The van der Waals surface area contributed by atoms with Crippen LogP contribution in [0.15, 0.2) is 12.1 Å². The van der Waals surface area contributed by atoms with Gasteiger partial charge in [-0.25, -0.2) is 0 Å². The van der Waals surface area contributed by atoms with Crippen LogP contribution in [-0.4, -0.2) is 25.1 Å². The Morgan fingerprint density at radius 2 is 2.00 bits per heavy atom. The Labute approximate surface area is 128 Å². The number of carbonyl (C=O) groups is 1. The van der Waals surface area contributed by atoms with Crippen LogP contribution in [0.5, 0.6) is 11.5 Å². The van der Waals surface area contributed by atoms with Crippen molar-refractivity contribution in [1.82, 2.24) is 0 Å². The van der Waals surface area contributed by atoms with Gasteiger partial charge in [0.1, 0.15) is 11.5 Å². The molecule has 5 nitrogen and oxygen atoms in total. The molecule has 110 valence electrons. The van der Waals surface area contributed by atoms with Gasteiger partial charge in [-0.15, -0.1) is 0 Å². The molecule has 0 aliphatic heterocycles. The van der Waals surface area contributed by atoms with Crippen LogP contribution in [0, 0.1) is 5.92 Å². The summed E-state index contributed by atoms with van der Waals surface area (Å²) < 4.78 is 10.3.